The SMILES string of the molecule is NC(=O)[C@]12CC3CC(C1)[C@@H](NC(=O)N1[C@@H]4CC[C@H]1C[C@@H](c1cccc(F)c1)C4)C(C3)C2. The molecule has 31 heavy (non-hydrogen) atoms. The Morgan fingerprint density at radius 2 is 1.71 bits per heavy atom. The molecule has 5 nitrogen and oxygen atoms in total. The van der Waals surface area contributed by atoms with E-state index in [1.807, 2.05) is 6.07 Å². The summed E-state index contributed by atoms with van der Waals surface area (Å²) in [6.07, 6.45) is 8.77. The molecule has 4 saturated carbocycles. The molecule has 6 heteroatoms. The fourth-order valence-corrected chi connectivity index (χ4v) is 8.32. The monoisotopic (exact) mass is 425 g/mol. The molecule has 0 spiro atoms. The lowest BCUT2D eigenvalue weighted by molar-refractivity contribution is -0.145. The number of carbonyl (C=O) groups excluding carboxylic acids is 2. The second-order valence-electron chi connectivity index (χ2n) is 11.1. The quantitative estimate of drug-likeness (QED) is 0.770. The van der Waals surface area contributed by atoms with E-state index in [2.05, 4.69) is 10.2 Å². The number of carbonyl (C=O) groups is 2. The van der Waals surface area contributed by atoms with Crippen LogP contribution < -0.4 is 11.1 Å². The maximum atomic E-state index is 13.7. The Kier molecular flexibility index (Phi) is 4.38. The van der Waals surface area contributed by atoms with Crippen molar-refractivity contribution in [2.45, 2.75) is 81.8 Å². The van der Waals surface area contributed by atoms with E-state index in [4.69, 9.17) is 5.73 Å². The molecule has 1 aromatic carbocycles. The van der Waals surface area contributed by atoms with E-state index in [0.717, 1.165) is 63.4 Å². The number of hydrogen-bond donors (Lipinski definition) is 2. The number of fused-ring (bicyclic) bond motifs is 2. The highest BCUT2D eigenvalue weighted by Gasteiger charge is 2.58. The van der Waals surface area contributed by atoms with Gasteiger partial charge in [-0.1, -0.05) is 12.1 Å². The first kappa shape index (κ1) is 19.6. The number of rotatable bonds is 3. The Hall–Kier alpha value is -2.11. The zero-order chi connectivity index (χ0) is 21.3. The molecule has 7 rings (SSSR count). The largest absolute Gasteiger partial charge is 0.369 e. The van der Waals surface area contributed by atoms with Gasteiger partial charge in [0, 0.05) is 23.5 Å². The average molecular weight is 426 g/mol. The molecule has 6 fully saturated rings. The number of halogens is 1. The van der Waals surface area contributed by atoms with Crippen LogP contribution in [0.3, 0.4) is 0 Å². The van der Waals surface area contributed by atoms with Crippen LogP contribution in [0.2, 0.25) is 0 Å². The number of nitrogens with two attached hydrogens (primary N) is 1. The van der Waals surface area contributed by atoms with Crippen LogP contribution in [-0.2, 0) is 4.79 Å². The summed E-state index contributed by atoms with van der Waals surface area (Å²) < 4.78 is 13.7. The summed E-state index contributed by atoms with van der Waals surface area (Å²) in [4.78, 5) is 27.7. The first-order chi connectivity index (χ1) is 14.9. The molecule has 166 valence electrons. The van der Waals surface area contributed by atoms with Crippen molar-refractivity contribution in [2.75, 3.05) is 0 Å². The molecule has 6 bridgehead atoms. The summed E-state index contributed by atoms with van der Waals surface area (Å²) in [5, 5.41) is 3.43. The van der Waals surface area contributed by atoms with Crippen molar-refractivity contribution in [1.82, 2.24) is 10.2 Å². The summed E-state index contributed by atoms with van der Waals surface area (Å²) in [5.41, 5.74) is 6.56. The van der Waals surface area contributed by atoms with Crippen molar-refractivity contribution in [3.8, 4) is 0 Å². The highest BCUT2D eigenvalue weighted by molar-refractivity contribution is 5.81. The van der Waals surface area contributed by atoms with Crippen LogP contribution in [0.25, 0.3) is 0 Å². The van der Waals surface area contributed by atoms with Gasteiger partial charge in [0.2, 0.25) is 5.91 Å². The molecular weight excluding hydrogens is 393 g/mol. The maximum absolute atomic E-state index is 13.7. The van der Waals surface area contributed by atoms with Crippen LogP contribution in [0.4, 0.5) is 9.18 Å². The first-order valence-electron chi connectivity index (χ1n) is 12.1. The van der Waals surface area contributed by atoms with Crippen LogP contribution >= 0.6 is 0 Å². The molecular formula is C25H32FN3O2. The van der Waals surface area contributed by atoms with Crippen molar-refractivity contribution >= 4 is 11.9 Å². The second kappa shape index (κ2) is 6.94. The molecule has 4 aliphatic carbocycles. The predicted molar refractivity (Wildman–Crippen MR) is 115 cm³/mol. The van der Waals surface area contributed by atoms with Gasteiger partial charge >= 0.3 is 6.03 Å². The smallest absolute Gasteiger partial charge is 0.318 e. The number of hydrogen-bond acceptors (Lipinski definition) is 2. The normalized spacial score (nSPS) is 42.6. The van der Waals surface area contributed by atoms with Crippen molar-refractivity contribution in [2.24, 2.45) is 28.9 Å². The molecule has 3 N–H and O–H groups in total. The van der Waals surface area contributed by atoms with E-state index in [0.29, 0.717) is 23.7 Å². The van der Waals surface area contributed by atoms with Gasteiger partial charge in [-0.05, 0) is 99.2 Å². The number of piperidine rings is 1. The lowest BCUT2D eigenvalue weighted by atomic mass is 9.47. The van der Waals surface area contributed by atoms with Crippen LogP contribution in [0, 0.1) is 29.0 Å². The van der Waals surface area contributed by atoms with Gasteiger partial charge in [0.1, 0.15) is 5.82 Å². The van der Waals surface area contributed by atoms with E-state index in [1.54, 1.807) is 12.1 Å². The molecule has 0 aromatic heterocycles. The third-order valence-corrected chi connectivity index (χ3v) is 9.37. The average Bonchev–Trinajstić information content (AvgIpc) is 2.99. The number of amides is 3. The minimum Gasteiger partial charge on any atom is -0.369 e. The van der Waals surface area contributed by atoms with E-state index in [-0.39, 0.29) is 41.3 Å². The van der Waals surface area contributed by atoms with Crippen LogP contribution in [-0.4, -0.2) is 35.0 Å². The molecule has 1 aromatic rings. The highest BCUT2D eigenvalue weighted by Crippen LogP contribution is 2.60. The third-order valence-electron chi connectivity index (χ3n) is 9.37. The molecule has 5 atom stereocenters. The third kappa shape index (κ3) is 3.08. The molecule has 0 radical (unpaired) electrons. The predicted octanol–water partition coefficient (Wildman–Crippen LogP) is 3.93. The number of urea groups is 1. The minimum atomic E-state index is -0.319. The van der Waals surface area contributed by atoms with E-state index < -0.39 is 0 Å². The Morgan fingerprint density at radius 3 is 2.32 bits per heavy atom. The van der Waals surface area contributed by atoms with Gasteiger partial charge in [0.05, 0.1) is 0 Å². The summed E-state index contributed by atoms with van der Waals surface area (Å²) in [6, 6.07) is 7.69. The summed E-state index contributed by atoms with van der Waals surface area (Å²) in [5.74, 6) is 1.37. The molecule has 3 amide bonds. The molecule has 6 aliphatic rings. The van der Waals surface area contributed by atoms with Crippen LogP contribution in [0.5, 0.6) is 0 Å². The lowest BCUT2D eigenvalue weighted by Gasteiger charge is -2.59. The number of benzene rings is 1. The van der Waals surface area contributed by atoms with E-state index >= 15 is 0 Å². The summed E-state index contributed by atoms with van der Waals surface area (Å²) >= 11 is 0. The maximum Gasteiger partial charge on any atom is 0.318 e. The topological polar surface area (TPSA) is 75.4 Å². The lowest BCUT2D eigenvalue weighted by Crippen LogP contribution is -2.64. The fourth-order valence-electron chi connectivity index (χ4n) is 8.32. The van der Waals surface area contributed by atoms with Gasteiger partial charge in [-0.3, -0.25) is 4.79 Å². The summed E-state index contributed by atoms with van der Waals surface area (Å²) in [6.45, 7) is 0. The molecule has 2 unspecified atom stereocenters. The number of nitrogens with one attached hydrogen (secondary N) is 1. The number of nitrogens with zero attached hydrogens (tertiary/aromatic N) is 1. The highest BCUT2D eigenvalue weighted by atomic mass is 19.1. The second-order valence-corrected chi connectivity index (χ2v) is 11.1. The van der Waals surface area contributed by atoms with Gasteiger partial charge in [0.25, 0.3) is 0 Å². The summed E-state index contributed by atoms with van der Waals surface area (Å²) in [7, 11) is 0. The van der Waals surface area contributed by atoms with Crippen molar-refractivity contribution in [3.63, 3.8) is 0 Å². The van der Waals surface area contributed by atoms with Crippen LogP contribution in [0.1, 0.15) is 69.3 Å². The Bertz CT molecular complexity index is 890. The number of primary amides is 1. The fraction of sp³-hybridized carbons (Fsp3) is 0.680. The van der Waals surface area contributed by atoms with Gasteiger partial charge in [-0.2, -0.15) is 0 Å². The van der Waals surface area contributed by atoms with Crippen molar-refractivity contribution < 1.29 is 14.0 Å². The Balaban J connectivity index is 1.15. The molecule has 2 heterocycles. The van der Waals surface area contributed by atoms with E-state index in [1.165, 1.54) is 6.07 Å². The minimum absolute atomic E-state index is 0.0794. The molecule has 2 saturated heterocycles. The van der Waals surface area contributed by atoms with Gasteiger partial charge in [-0.15, -0.1) is 0 Å². The van der Waals surface area contributed by atoms with Gasteiger partial charge in [0.15, 0.2) is 0 Å². The standard InChI is InChI=1S/C25H32FN3O2/c26-19-3-1-2-15(8-19)16-9-20-4-5-21(10-16)29(20)24(31)28-22-17-6-14-7-18(22)13-25(11-14,12-17)23(27)30/h1-3,8,14,16-18,20-22H,4-7,9-13H2,(H2,27,30)(H,28,31)/t14?,16-,17?,18?,20+,21-,22-,25-. The van der Waals surface area contributed by atoms with Crippen molar-refractivity contribution in [1.29, 1.82) is 0 Å². The van der Waals surface area contributed by atoms with E-state index in [9.17, 15) is 14.0 Å². The first-order valence-corrected chi connectivity index (χ1v) is 12.1. The zero-order valence-corrected chi connectivity index (χ0v) is 17.9. The zero-order valence-electron chi connectivity index (χ0n) is 17.9. The molecule has 2 aliphatic heterocycles. The van der Waals surface area contributed by atoms with Gasteiger partial charge in [-0.25, -0.2) is 9.18 Å². The Labute approximate surface area is 182 Å². The van der Waals surface area contributed by atoms with Gasteiger partial charge < -0.3 is 16.0 Å². The Morgan fingerprint density at radius 1 is 1.03 bits per heavy atom. The van der Waals surface area contributed by atoms with Crippen LogP contribution in [0.15, 0.2) is 24.3 Å². The van der Waals surface area contributed by atoms with Crippen molar-refractivity contribution in [3.05, 3.63) is 35.6 Å².